The molecule has 1 aromatic rings. The molecule has 3 aliphatic rings. The molecule has 2 aliphatic heterocycles. The van der Waals surface area contributed by atoms with Gasteiger partial charge in [0.25, 0.3) is 0 Å². The number of nitrogens with zero attached hydrogens (tertiary/aromatic N) is 1. The van der Waals surface area contributed by atoms with Gasteiger partial charge in [-0.25, -0.2) is 4.79 Å². The maximum atomic E-state index is 13.2. The number of hydrogen-bond acceptors (Lipinski definition) is 8. The average molecular weight is 497 g/mol. The molecule has 10 heteroatoms. The lowest BCUT2D eigenvalue weighted by Gasteiger charge is -2.42. The van der Waals surface area contributed by atoms with Crippen molar-refractivity contribution in [2.24, 2.45) is 17.8 Å². The number of ether oxygens (including phenoxy) is 1. The Morgan fingerprint density at radius 2 is 2.03 bits per heavy atom. The van der Waals surface area contributed by atoms with Gasteiger partial charge in [0.05, 0.1) is 31.7 Å². The van der Waals surface area contributed by atoms with Gasteiger partial charge in [0.2, 0.25) is 11.8 Å². The lowest BCUT2D eigenvalue weighted by Crippen LogP contribution is -2.46. The fourth-order valence-corrected chi connectivity index (χ4v) is 5.94. The Labute approximate surface area is 210 Å². The van der Waals surface area contributed by atoms with E-state index in [0.29, 0.717) is 23.3 Å². The zero-order valence-electron chi connectivity index (χ0n) is 20.6. The van der Waals surface area contributed by atoms with Gasteiger partial charge in [-0.2, -0.15) is 4.90 Å². The molecule has 0 radical (unpaired) electrons. The van der Waals surface area contributed by atoms with E-state index in [1.807, 2.05) is 12.1 Å². The molecular weight excluding hydrogens is 465 g/mol. The molecular formula is C26H32BNO8. The van der Waals surface area contributed by atoms with E-state index in [1.165, 1.54) is 0 Å². The van der Waals surface area contributed by atoms with Crippen molar-refractivity contribution in [1.82, 2.24) is 4.90 Å². The second-order valence-corrected chi connectivity index (χ2v) is 9.64. The molecule has 0 spiro atoms. The van der Waals surface area contributed by atoms with E-state index in [-0.39, 0.29) is 25.1 Å². The van der Waals surface area contributed by atoms with Crippen molar-refractivity contribution in [3.05, 3.63) is 46.5 Å². The maximum absolute atomic E-state index is 13.2. The number of hydrogen-bond donors (Lipinski definition) is 3. The fraction of sp³-hybridized carbons (Fsp3) is 0.500. The van der Waals surface area contributed by atoms with Gasteiger partial charge in [-0.3, -0.25) is 9.59 Å². The predicted octanol–water partition coefficient (Wildman–Crippen LogP) is 2.91. The highest BCUT2D eigenvalue weighted by atomic mass is 16.5. The van der Waals surface area contributed by atoms with Crippen molar-refractivity contribution in [3.63, 3.8) is 0 Å². The molecule has 192 valence electrons. The van der Waals surface area contributed by atoms with Crippen LogP contribution in [0.25, 0.3) is 6.08 Å². The van der Waals surface area contributed by atoms with E-state index in [2.05, 4.69) is 11.7 Å². The lowest BCUT2D eigenvalue weighted by atomic mass is 9.58. The Hall–Kier alpha value is -2.95. The smallest absolute Gasteiger partial charge is 0.455 e. The summed E-state index contributed by atoms with van der Waals surface area (Å²) in [5, 5.41) is 30.5. The Bertz CT molecular complexity index is 1100. The Morgan fingerprint density at radius 1 is 1.25 bits per heavy atom. The van der Waals surface area contributed by atoms with Crippen molar-refractivity contribution in [1.29, 1.82) is 0 Å². The number of benzene rings is 1. The van der Waals surface area contributed by atoms with Crippen molar-refractivity contribution in [2.45, 2.75) is 51.5 Å². The maximum Gasteiger partial charge on any atom is 0.455 e. The molecule has 1 aliphatic carbocycles. The SMILES string of the molecule is CCC/C(=C\c1cccc(O)c1)CC[C@H]1OB(O)C[C@H]2C1=C(CO)C[C@H]1C(=O)N(C(=O)OC)C(=O)[C@H]12. The number of phenolic OH excluding ortho intramolecular Hbond substituents is 1. The zero-order chi connectivity index (χ0) is 26.0. The number of phenols is 1. The van der Waals surface area contributed by atoms with E-state index in [4.69, 9.17) is 4.65 Å². The molecule has 3 N–H and O–H groups in total. The first-order valence-corrected chi connectivity index (χ1v) is 12.4. The molecule has 0 bridgehead atoms. The summed E-state index contributed by atoms with van der Waals surface area (Å²) in [6.45, 7) is 1.78. The minimum Gasteiger partial charge on any atom is -0.508 e. The van der Waals surface area contributed by atoms with Gasteiger partial charge in [0.15, 0.2) is 0 Å². The molecule has 4 atom stereocenters. The van der Waals surface area contributed by atoms with Crippen LogP contribution < -0.4 is 0 Å². The fourth-order valence-electron chi connectivity index (χ4n) is 5.94. The summed E-state index contributed by atoms with van der Waals surface area (Å²) in [4.78, 5) is 38.8. The van der Waals surface area contributed by atoms with Gasteiger partial charge in [0, 0.05) is 0 Å². The summed E-state index contributed by atoms with van der Waals surface area (Å²) in [6, 6.07) is 7.00. The van der Waals surface area contributed by atoms with Crippen LogP contribution in [0.15, 0.2) is 41.0 Å². The Morgan fingerprint density at radius 3 is 2.69 bits per heavy atom. The molecule has 0 aromatic heterocycles. The third-order valence-electron chi connectivity index (χ3n) is 7.40. The number of allylic oxidation sites excluding steroid dienone is 1. The number of aliphatic hydroxyl groups excluding tert-OH is 1. The van der Waals surface area contributed by atoms with E-state index < -0.39 is 48.9 Å². The third kappa shape index (κ3) is 4.98. The first-order chi connectivity index (χ1) is 17.3. The number of aromatic hydroxyl groups is 1. The van der Waals surface area contributed by atoms with Crippen LogP contribution in [0, 0.1) is 17.8 Å². The first-order valence-electron chi connectivity index (χ1n) is 12.4. The van der Waals surface area contributed by atoms with Crippen LogP contribution in [0.1, 0.15) is 44.6 Å². The molecule has 9 nitrogen and oxygen atoms in total. The van der Waals surface area contributed by atoms with Crippen LogP contribution in [0.2, 0.25) is 6.32 Å². The molecule has 2 fully saturated rings. The topological polar surface area (TPSA) is 134 Å². The molecule has 2 saturated heterocycles. The second kappa shape index (κ2) is 11.0. The Balaban J connectivity index is 1.61. The van der Waals surface area contributed by atoms with E-state index >= 15 is 0 Å². The number of methoxy groups -OCH3 is 1. The number of fused-ring (bicyclic) bond motifs is 3. The van der Waals surface area contributed by atoms with Gasteiger partial charge in [-0.05, 0) is 66.8 Å². The molecule has 0 unspecified atom stereocenters. The summed E-state index contributed by atoms with van der Waals surface area (Å²) in [6.07, 6.45) is 3.65. The van der Waals surface area contributed by atoms with Crippen LogP contribution in [0.5, 0.6) is 5.75 Å². The number of amides is 3. The van der Waals surface area contributed by atoms with Crippen LogP contribution in [0.4, 0.5) is 4.79 Å². The summed E-state index contributed by atoms with van der Waals surface area (Å²) < 4.78 is 10.6. The van der Waals surface area contributed by atoms with E-state index in [9.17, 15) is 29.6 Å². The zero-order valence-corrected chi connectivity index (χ0v) is 20.6. The first kappa shape index (κ1) is 26.1. The highest BCUT2D eigenvalue weighted by Gasteiger charge is 2.59. The average Bonchev–Trinajstić information content (AvgIpc) is 3.11. The minimum absolute atomic E-state index is 0.103. The molecule has 4 rings (SSSR count). The number of carbonyl (C=O) groups is 3. The highest BCUT2D eigenvalue weighted by Crippen LogP contribution is 2.50. The number of imide groups is 3. The summed E-state index contributed by atoms with van der Waals surface area (Å²) in [5.74, 6) is -3.16. The van der Waals surface area contributed by atoms with E-state index in [1.54, 1.807) is 18.2 Å². The Kier molecular flexibility index (Phi) is 7.97. The summed E-state index contributed by atoms with van der Waals surface area (Å²) in [5.41, 5.74) is 3.41. The highest BCUT2D eigenvalue weighted by molar-refractivity contribution is 6.43. The lowest BCUT2D eigenvalue weighted by molar-refractivity contribution is -0.137. The van der Waals surface area contributed by atoms with Crippen molar-refractivity contribution < 1.29 is 39.0 Å². The van der Waals surface area contributed by atoms with Gasteiger partial charge in [0.1, 0.15) is 5.75 Å². The van der Waals surface area contributed by atoms with Gasteiger partial charge < -0.3 is 24.6 Å². The predicted molar refractivity (Wildman–Crippen MR) is 131 cm³/mol. The number of aliphatic hydroxyl groups is 1. The molecule has 2 heterocycles. The normalized spacial score (nSPS) is 26.3. The third-order valence-corrected chi connectivity index (χ3v) is 7.40. The van der Waals surface area contributed by atoms with Crippen LogP contribution in [0.3, 0.4) is 0 Å². The van der Waals surface area contributed by atoms with Crippen molar-refractivity contribution >= 4 is 31.1 Å². The van der Waals surface area contributed by atoms with Crippen LogP contribution in [-0.4, -0.2) is 65.0 Å². The largest absolute Gasteiger partial charge is 0.508 e. The number of likely N-dealkylation sites (tertiary alicyclic amines) is 1. The molecule has 3 amide bonds. The van der Waals surface area contributed by atoms with Crippen LogP contribution >= 0.6 is 0 Å². The molecule has 0 saturated carbocycles. The quantitative estimate of drug-likeness (QED) is 0.298. The van der Waals surface area contributed by atoms with Crippen molar-refractivity contribution in [2.75, 3.05) is 13.7 Å². The standard InChI is InChI=1S/C26H32BNO8/c1-3-5-15(10-16-6-4-7-18(30)11-16)8-9-21-22-17(14-29)12-19-23(20(22)13-27(34)36-21)25(32)28(24(19)31)26(33)35-2/h4,6-7,10-11,19-21,23,29-30,34H,3,5,8-9,12-14H2,1-2H3/b15-10+/t19-,20+,21-,23-/m1/s1. The molecule has 1 aromatic carbocycles. The number of rotatable bonds is 7. The van der Waals surface area contributed by atoms with Gasteiger partial charge >= 0.3 is 13.2 Å². The second-order valence-electron chi connectivity index (χ2n) is 9.64. The summed E-state index contributed by atoms with van der Waals surface area (Å²) in [7, 11) is -0.0256. The van der Waals surface area contributed by atoms with E-state index in [0.717, 1.165) is 36.7 Å². The minimum atomic E-state index is -1.14. The summed E-state index contributed by atoms with van der Waals surface area (Å²) >= 11 is 0. The van der Waals surface area contributed by atoms with Crippen LogP contribution in [-0.2, 0) is 19.0 Å². The number of carbonyl (C=O) groups excluding carboxylic acids is 3. The molecule has 36 heavy (non-hydrogen) atoms. The van der Waals surface area contributed by atoms with Gasteiger partial charge in [-0.15, -0.1) is 0 Å². The monoisotopic (exact) mass is 497 g/mol. The van der Waals surface area contributed by atoms with Gasteiger partial charge in [-0.1, -0.05) is 37.1 Å². The van der Waals surface area contributed by atoms with Crippen molar-refractivity contribution in [3.8, 4) is 5.75 Å².